The molecule has 3 aromatic rings. The molecule has 32 heavy (non-hydrogen) atoms. The van der Waals surface area contributed by atoms with Crippen LogP contribution in [0.1, 0.15) is 5.56 Å². The average Bonchev–Trinajstić information content (AvgIpc) is 2.79. The van der Waals surface area contributed by atoms with Gasteiger partial charge in [-0.25, -0.2) is 13.8 Å². The number of hydrogen-bond donors (Lipinski definition) is 2. The lowest BCUT2D eigenvalue weighted by molar-refractivity contribution is -0.387. The maximum Gasteiger partial charge on any atom is 0.289 e. The van der Waals surface area contributed by atoms with Crippen molar-refractivity contribution in [1.82, 2.24) is 5.43 Å². The molecule has 0 aliphatic heterocycles. The molecule has 0 fully saturated rings. The third kappa shape index (κ3) is 5.08. The topological polar surface area (TPSA) is 142 Å². The highest BCUT2D eigenvalue weighted by molar-refractivity contribution is 7.93. The molecule has 11 heteroatoms. The van der Waals surface area contributed by atoms with E-state index in [9.17, 15) is 28.4 Å². The molecule has 0 spiro atoms. The van der Waals surface area contributed by atoms with Gasteiger partial charge in [-0.3, -0.25) is 19.2 Å². The van der Waals surface area contributed by atoms with Crippen molar-refractivity contribution in [2.45, 2.75) is 4.90 Å². The molecular weight excluding hydrogens is 436 g/mol. The Kier molecular flexibility index (Phi) is 6.80. The first-order valence-electron chi connectivity index (χ1n) is 9.22. The number of aromatic hydroxyl groups is 1. The fraction of sp³-hybridized carbons (Fsp3) is 0.0476. The van der Waals surface area contributed by atoms with Gasteiger partial charge in [0.05, 0.1) is 16.8 Å². The number of anilines is 1. The second-order valence-corrected chi connectivity index (χ2v) is 8.25. The molecule has 2 N–H and O–H groups in total. The number of sulfonamides is 1. The summed E-state index contributed by atoms with van der Waals surface area (Å²) >= 11 is 0. The lowest BCUT2D eigenvalue weighted by Crippen LogP contribution is -2.39. The summed E-state index contributed by atoms with van der Waals surface area (Å²) in [6.07, 6.45) is 1.20. The quantitative estimate of drug-likeness (QED) is 0.304. The van der Waals surface area contributed by atoms with Crippen molar-refractivity contribution >= 4 is 33.5 Å². The number of carbonyl (C=O) groups is 1. The zero-order valence-corrected chi connectivity index (χ0v) is 17.3. The molecule has 0 atom stereocenters. The van der Waals surface area contributed by atoms with Crippen molar-refractivity contribution in [3.63, 3.8) is 0 Å². The number of phenols is 1. The predicted octanol–water partition coefficient (Wildman–Crippen LogP) is 2.65. The molecule has 0 aliphatic rings. The Hall–Kier alpha value is -4.25. The molecule has 0 radical (unpaired) electrons. The van der Waals surface area contributed by atoms with Crippen molar-refractivity contribution in [2.75, 3.05) is 10.8 Å². The highest BCUT2D eigenvalue weighted by atomic mass is 32.2. The summed E-state index contributed by atoms with van der Waals surface area (Å²) in [6, 6.07) is 18.9. The molecule has 0 heterocycles. The summed E-state index contributed by atoms with van der Waals surface area (Å²) in [7, 11) is -4.47. The van der Waals surface area contributed by atoms with Gasteiger partial charge in [-0.1, -0.05) is 42.5 Å². The van der Waals surface area contributed by atoms with Crippen LogP contribution >= 0.6 is 0 Å². The number of carbonyl (C=O) groups excluding carboxylic acids is 1. The number of nitro groups is 1. The summed E-state index contributed by atoms with van der Waals surface area (Å²) in [5.41, 5.74) is 2.09. The van der Waals surface area contributed by atoms with E-state index in [4.69, 9.17) is 0 Å². The van der Waals surface area contributed by atoms with Gasteiger partial charge in [0, 0.05) is 11.6 Å². The number of hydrazone groups is 1. The number of nitrogens with zero attached hydrogens (tertiary/aromatic N) is 3. The van der Waals surface area contributed by atoms with Crippen LogP contribution in [0, 0.1) is 10.1 Å². The van der Waals surface area contributed by atoms with E-state index in [1.54, 1.807) is 36.4 Å². The normalized spacial score (nSPS) is 11.2. The summed E-state index contributed by atoms with van der Waals surface area (Å²) in [6.45, 7) is -0.684. The second-order valence-electron chi connectivity index (χ2n) is 6.42. The molecule has 0 unspecified atom stereocenters. The van der Waals surface area contributed by atoms with E-state index in [0.717, 1.165) is 16.4 Å². The molecule has 164 valence electrons. The number of nitro benzene ring substituents is 1. The van der Waals surface area contributed by atoms with Crippen LogP contribution in [-0.4, -0.2) is 37.1 Å². The minimum atomic E-state index is -4.47. The van der Waals surface area contributed by atoms with E-state index in [1.165, 1.54) is 36.5 Å². The first-order valence-corrected chi connectivity index (χ1v) is 10.7. The van der Waals surface area contributed by atoms with Crippen molar-refractivity contribution in [3.05, 3.63) is 94.5 Å². The molecule has 3 aromatic carbocycles. The highest BCUT2D eigenvalue weighted by Crippen LogP contribution is 2.29. The van der Waals surface area contributed by atoms with Crippen LogP contribution in [0.25, 0.3) is 0 Å². The van der Waals surface area contributed by atoms with Gasteiger partial charge in [0.25, 0.3) is 21.6 Å². The minimum absolute atomic E-state index is 0.0459. The van der Waals surface area contributed by atoms with Crippen molar-refractivity contribution in [3.8, 4) is 5.75 Å². The van der Waals surface area contributed by atoms with Gasteiger partial charge < -0.3 is 5.11 Å². The highest BCUT2D eigenvalue weighted by Gasteiger charge is 2.33. The van der Waals surface area contributed by atoms with E-state index in [-0.39, 0.29) is 11.4 Å². The van der Waals surface area contributed by atoms with Gasteiger partial charge in [0.15, 0.2) is 4.90 Å². The van der Waals surface area contributed by atoms with Crippen LogP contribution in [0.5, 0.6) is 5.75 Å². The first-order chi connectivity index (χ1) is 15.3. The van der Waals surface area contributed by atoms with Crippen LogP contribution in [0.3, 0.4) is 0 Å². The Labute approximate surface area is 183 Å². The standard InChI is InChI=1S/C21H18N4O6S/c26-19-12-6-4-8-16(19)14-22-23-21(27)15-24(17-9-2-1-3-10-17)32(30,31)20-13-7-5-11-18(20)25(28)29/h1-14,26H,15H2,(H,23,27)/b22-14-. The number of para-hydroxylation sites is 3. The smallest absolute Gasteiger partial charge is 0.289 e. The molecule has 10 nitrogen and oxygen atoms in total. The molecule has 0 aliphatic carbocycles. The summed E-state index contributed by atoms with van der Waals surface area (Å²) in [5, 5.41) is 24.8. The van der Waals surface area contributed by atoms with Crippen molar-refractivity contribution < 1.29 is 23.2 Å². The van der Waals surface area contributed by atoms with Gasteiger partial charge in [0.2, 0.25) is 0 Å². The van der Waals surface area contributed by atoms with Gasteiger partial charge >= 0.3 is 0 Å². The Morgan fingerprint density at radius 3 is 2.34 bits per heavy atom. The Morgan fingerprint density at radius 1 is 1.03 bits per heavy atom. The third-order valence-corrected chi connectivity index (χ3v) is 6.11. The lowest BCUT2D eigenvalue weighted by atomic mass is 10.2. The van der Waals surface area contributed by atoms with E-state index in [1.807, 2.05) is 0 Å². The number of phenolic OH excluding ortho intramolecular Hbond substituents is 1. The summed E-state index contributed by atoms with van der Waals surface area (Å²) in [5.74, 6) is -0.835. The molecule has 1 amide bonds. The molecule has 0 saturated heterocycles. The van der Waals surface area contributed by atoms with Crippen molar-refractivity contribution in [2.24, 2.45) is 5.10 Å². The summed E-state index contributed by atoms with van der Waals surface area (Å²) < 4.78 is 27.4. The average molecular weight is 454 g/mol. The van der Waals surface area contributed by atoms with E-state index < -0.39 is 38.0 Å². The van der Waals surface area contributed by atoms with Crippen LogP contribution in [0.15, 0.2) is 88.9 Å². The number of rotatable bonds is 8. The van der Waals surface area contributed by atoms with E-state index >= 15 is 0 Å². The monoisotopic (exact) mass is 454 g/mol. The second kappa shape index (κ2) is 9.71. The van der Waals surface area contributed by atoms with Crippen LogP contribution in [0.2, 0.25) is 0 Å². The Balaban J connectivity index is 1.90. The van der Waals surface area contributed by atoms with Gasteiger partial charge in [-0.15, -0.1) is 0 Å². The lowest BCUT2D eigenvalue weighted by Gasteiger charge is -2.23. The molecule has 3 rings (SSSR count). The number of amides is 1. The van der Waals surface area contributed by atoms with E-state index in [2.05, 4.69) is 10.5 Å². The van der Waals surface area contributed by atoms with Crippen LogP contribution < -0.4 is 9.73 Å². The molecule has 0 saturated carbocycles. The fourth-order valence-electron chi connectivity index (χ4n) is 2.79. The first kappa shape index (κ1) is 22.4. The summed E-state index contributed by atoms with van der Waals surface area (Å²) in [4.78, 5) is 22.5. The van der Waals surface area contributed by atoms with E-state index in [0.29, 0.717) is 5.56 Å². The maximum atomic E-state index is 13.3. The largest absolute Gasteiger partial charge is 0.507 e. The van der Waals surface area contributed by atoms with Crippen molar-refractivity contribution in [1.29, 1.82) is 0 Å². The maximum absolute atomic E-state index is 13.3. The molecular formula is C21H18N4O6S. The van der Waals surface area contributed by atoms with Gasteiger partial charge in [0.1, 0.15) is 12.3 Å². The number of benzene rings is 3. The predicted molar refractivity (Wildman–Crippen MR) is 118 cm³/mol. The Bertz CT molecular complexity index is 1260. The van der Waals surface area contributed by atoms with Crippen LogP contribution in [-0.2, 0) is 14.8 Å². The van der Waals surface area contributed by atoms with Gasteiger partial charge in [-0.2, -0.15) is 5.10 Å². The minimum Gasteiger partial charge on any atom is -0.507 e. The number of nitrogens with one attached hydrogen (secondary N) is 1. The van der Waals surface area contributed by atoms with Crippen LogP contribution in [0.4, 0.5) is 11.4 Å². The fourth-order valence-corrected chi connectivity index (χ4v) is 4.37. The third-order valence-electron chi connectivity index (χ3n) is 4.29. The van der Waals surface area contributed by atoms with Gasteiger partial charge in [-0.05, 0) is 30.3 Å². The number of hydrogen-bond acceptors (Lipinski definition) is 7. The molecule has 0 aromatic heterocycles. The SMILES string of the molecule is O=C(CN(c1ccccc1)S(=O)(=O)c1ccccc1[N+](=O)[O-])N/N=C\c1ccccc1O. The zero-order chi connectivity index (χ0) is 23.1. The Morgan fingerprint density at radius 2 is 1.66 bits per heavy atom. The molecule has 0 bridgehead atoms. The zero-order valence-electron chi connectivity index (χ0n) is 16.5.